The standard InChI is InChI=1S/C13H11N3O3S/c1-9(2)13(17)16-10-4-3-5-11(6-10)20(18,19)12(7-14)8-15/h3-6,12H,1H2,2H3,(H,16,17). The number of rotatable bonds is 4. The third kappa shape index (κ3) is 3.22. The van der Waals surface area contributed by atoms with E-state index >= 15 is 0 Å². The van der Waals surface area contributed by atoms with E-state index < -0.39 is 21.0 Å². The van der Waals surface area contributed by atoms with Gasteiger partial charge in [0.15, 0.2) is 0 Å². The van der Waals surface area contributed by atoms with Gasteiger partial charge in [-0.25, -0.2) is 8.42 Å². The van der Waals surface area contributed by atoms with Crippen LogP contribution in [0.15, 0.2) is 41.3 Å². The van der Waals surface area contributed by atoms with Gasteiger partial charge >= 0.3 is 0 Å². The number of anilines is 1. The molecule has 1 aromatic rings. The zero-order valence-electron chi connectivity index (χ0n) is 10.6. The zero-order chi connectivity index (χ0) is 15.3. The van der Waals surface area contributed by atoms with Crippen LogP contribution in [0.5, 0.6) is 0 Å². The van der Waals surface area contributed by atoms with Crippen molar-refractivity contribution in [1.82, 2.24) is 0 Å². The highest BCUT2D eigenvalue weighted by atomic mass is 32.2. The van der Waals surface area contributed by atoms with E-state index in [2.05, 4.69) is 11.9 Å². The van der Waals surface area contributed by atoms with Gasteiger partial charge in [-0.05, 0) is 25.1 Å². The van der Waals surface area contributed by atoms with Crippen LogP contribution in [0, 0.1) is 22.7 Å². The number of nitrogens with one attached hydrogen (secondary N) is 1. The van der Waals surface area contributed by atoms with Crippen LogP contribution in [0.25, 0.3) is 0 Å². The number of carbonyl (C=O) groups is 1. The predicted octanol–water partition coefficient (Wildman–Crippen LogP) is 1.39. The van der Waals surface area contributed by atoms with Crippen LogP contribution in [-0.4, -0.2) is 19.6 Å². The first kappa shape index (κ1) is 15.4. The Labute approximate surface area is 116 Å². The molecule has 0 unspecified atom stereocenters. The molecule has 0 bridgehead atoms. The summed E-state index contributed by atoms with van der Waals surface area (Å²) in [5, 5.41) is 18.0. The molecule has 0 aliphatic heterocycles. The van der Waals surface area contributed by atoms with Crippen LogP contribution in [-0.2, 0) is 14.6 Å². The van der Waals surface area contributed by atoms with Gasteiger partial charge in [-0.1, -0.05) is 12.6 Å². The Balaban J connectivity index is 3.18. The lowest BCUT2D eigenvalue weighted by Gasteiger charge is -2.08. The lowest BCUT2D eigenvalue weighted by Crippen LogP contribution is -2.18. The van der Waals surface area contributed by atoms with Crippen molar-refractivity contribution in [2.24, 2.45) is 0 Å². The Hall–Kier alpha value is -2.64. The molecular formula is C13H11N3O3S. The summed E-state index contributed by atoms with van der Waals surface area (Å²) < 4.78 is 24.0. The average molecular weight is 289 g/mol. The summed E-state index contributed by atoms with van der Waals surface area (Å²) in [7, 11) is -4.08. The van der Waals surface area contributed by atoms with Crippen molar-refractivity contribution in [3.8, 4) is 12.1 Å². The van der Waals surface area contributed by atoms with Crippen LogP contribution in [0.2, 0.25) is 0 Å². The molecule has 1 N–H and O–H groups in total. The smallest absolute Gasteiger partial charge is 0.250 e. The van der Waals surface area contributed by atoms with Crippen molar-refractivity contribution in [3.63, 3.8) is 0 Å². The fraction of sp³-hybridized carbons (Fsp3) is 0.154. The Morgan fingerprint density at radius 1 is 1.35 bits per heavy atom. The second kappa shape index (κ2) is 6.00. The molecule has 0 heterocycles. The van der Waals surface area contributed by atoms with Crippen LogP contribution >= 0.6 is 0 Å². The molecule has 0 spiro atoms. The van der Waals surface area contributed by atoms with Crippen molar-refractivity contribution in [2.75, 3.05) is 5.32 Å². The van der Waals surface area contributed by atoms with Crippen molar-refractivity contribution >= 4 is 21.4 Å². The predicted molar refractivity (Wildman–Crippen MR) is 72.1 cm³/mol. The number of hydrogen-bond donors (Lipinski definition) is 1. The number of sulfone groups is 1. The Kier molecular flexibility index (Phi) is 4.63. The van der Waals surface area contributed by atoms with E-state index in [0.29, 0.717) is 0 Å². The number of hydrogen-bond acceptors (Lipinski definition) is 5. The number of amides is 1. The summed E-state index contributed by atoms with van der Waals surface area (Å²) in [6.45, 7) is 4.97. The average Bonchev–Trinajstić information content (AvgIpc) is 2.40. The van der Waals surface area contributed by atoms with Crippen molar-refractivity contribution in [1.29, 1.82) is 10.5 Å². The molecule has 0 saturated carbocycles. The summed E-state index contributed by atoms with van der Waals surface area (Å²) in [4.78, 5) is 11.3. The molecule has 0 aliphatic carbocycles. The minimum absolute atomic E-state index is 0.204. The molecule has 0 fully saturated rings. The fourth-order valence-corrected chi connectivity index (χ4v) is 2.40. The SMILES string of the molecule is C=C(C)C(=O)Nc1cccc(S(=O)(=O)C(C#N)C#N)c1. The zero-order valence-corrected chi connectivity index (χ0v) is 11.4. The highest BCUT2D eigenvalue weighted by molar-refractivity contribution is 7.92. The van der Waals surface area contributed by atoms with Gasteiger partial charge in [0.05, 0.1) is 17.0 Å². The van der Waals surface area contributed by atoms with Gasteiger partial charge in [0.25, 0.3) is 5.91 Å². The summed E-state index contributed by atoms with van der Waals surface area (Å²) >= 11 is 0. The third-order valence-electron chi connectivity index (χ3n) is 2.35. The van der Waals surface area contributed by atoms with Gasteiger partial charge in [0.1, 0.15) is 0 Å². The molecule has 0 radical (unpaired) electrons. The minimum Gasteiger partial charge on any atom is -0.322 e. The number of benzene rings is 1. The normalized spacial score (nSPS) is 10.4. The van der Waals surface area contributed by atoms with Crippen LogP contribution in [0.3, 0.4) is 0 Å². The van der Waals surface area contributed by atoms with E-state index in [0.717, 1.165) is 0 Å². The second-order valence-electron chi connectivity index (χ2n) is 3.95. The van der Waals surface area contributed by atoms with E-state index in [9.17, 15) is 13.2 Å². The first-order valence-electron chi connectivity index (χ1n) is 5.43. The summed E-state index contributed by atoms with van der Waals surface area (Å²) in [5.41, 5.74) is 0.513. The molecule has 1 rings (SSSR count). The van der Waals surface area contributed by atoms with E-state index in [4.69, 9.17) is 10.5 Å². The Morgan fingerprint density at radius 3 is 2.45 bits per heavy atom. The quantitative estimate of drug-likeness (QED) is 0.842. The summed E-state index contributed by atoms with van der Waals surface area (Å²) in [6, 6.07) is 8.19. The highest BCUT2D eigenvalue weighted by Crippen LogP contribution is 2.20. The molecule has 20 heavy (non-hydrogen) atoms. The Bertz CT molecular complexity index is 725. The molecule has 0 saturated heterocycles. The van der Waals surface area contributed by atoms with Gasteiger partial charge in [0, 0.05) is 11.3 Å². The number of nitriles is 2. The summed E-state index contributed by atoms with van der Waals surface area (Å²) in [5.74, 6) is -0.448. The first-order valence-corrected chi connectivity index (χ1v) is 6.97. The van der Waals surface area contributed by atoms with Crippen LogP contribution in [0.4, 0.5) is 5.69 Å². The fourth-order valence-electron chi connectivity index (χ4n) is 1.29. The number of carbonyl (C=O) groups excluding carboxylic acids is 1. The monoisotopic (exact) mass is 289 g/mol. The molecular weight excluding hydrogens is 278 g/mol. The van der Waals surface area contributed by atoms with Gasteiger partial charge in [-0.2, -0.15) is 10.5 Å². The molecule has 0 atom stereocenters. The van der Waals surface area contributed by atoms with Crippen molar-refractivity contribution in [3.05, 3.63) is 36.4 Å². The van der Waals surface area contributed by atoms with Crippen molar-refractivity contribution in [2.45, 2.75) is 17.1 Å². The maximum atomic E-state index is 12.0. The van der Waals surface area contributed by atoms with Gasteiger partial charge < -0.3 is 5.32 Å². The molecule has 1 aromatic carbocycles. The topological polar surface area (TPSA) is 111 Å². The maximum absolute atomic E-state index is 12.0. The van der Waals surface area contributed by atoms with E-state index in [1.807, 2.05) is 0 Å². The second-order valence-corrected chi connectivity index (χ2v) is 5.98. The van der Waals surface area contributed by atoms with Gasteiger partial charge in [-0.3, -0.25) is 4.79 Å². The largest absolute Gasteiger partial charge is 0.322 e. The molecule has 1 amide bonds. The molecule has 0 aromatic heterocycles. The maximum Gasteiger partial charge on any atom is 0.250 e. The van der Waals surface area contributed by atoms with E-state index in [-0.39, 0.29) is 16.2 Å². The van der Waals surface area contributed by atoms with Gasteiger partial charge in [-0.15, -0.1) is 0 Å². The lowest BCUT2D eigenvalue weighted by atomic mass is 10.3. The van der Waals surface area contributed by atoms with Gasteiger partial charge in [0.2, 0.25) is 15.1 Å². The molecule has 7 heteroatoms. The minimum atomic E-state index is -4.08. The third-order valence-corrected chi connectivity index (χ3v) is 4.10. The van der Waals surface area contributed by atoms with Crippen molar-refractivity contribution < 1.29 is 13.2 Å². The van der Waals surface area contributed by atoms with Crippen LogP contribution < -0.4 is 5.32 Å². The first-order chi connectivity index (χ1) is 9.32. The lowest BCUT2D eigenvalue weighted by molar-refractivity contribution is -0.112. The van der Waals surface area contributed by atoms with Crippen LogP contribution in [0.1, 0.15) is 6.92 Å². The van der Waals surface area contributed by atoms with E-state index in [1.165, 1.54) is 43.3 Å². The summed E-state index contributed by atoms with van der Waals surface area (Å²) in [6.07, 6.45) is 0. The Morgan fingerprint density at radius 2 is 1.95 bits per heavy atom. The van der Waals surface area contributed by atoms with E-state index in [1.54, 1.807) is 0 Å². The highest BCUT2D eigenvalue weighted by Gasteiger charge is 2.27. The molecule has 0 aliphatic rings. The molecule has 6 nitrogen and oxygen atoms in total. The number of nitrogens with zero attached hydrogens (tertiary/aromatic N) is 2. The molecule has 102 valence electrons.